The zero-order valence-corrected chi connectivity index (χ0v) is 11.8. The highest BCUT2D eigenvalue weighted by molar-refractivity contribution is 9.10. The van der Waals surface area contributed by atoms with Gasteiger partial charge in [0.15, 0.2) is 0 Å². The Morgan fingerprint density at radius 3 is 2.75 bits per heavy atom. The van der Waals surface area contributed by atoms with Crippen molar-refractivity contribution >= 4 is 27.5 Å². The lowest BCUT2D eigenvalue weighted by Crippen LogP contribution is -2.28. The number of nitrogens with zero attached hydrogens (tertiary/aromatic N) is 3. The van der Waals surface area contributed by atoms with E-state index in [0.29, 0.717) is 12.5 Å². The van der Waals surface area contributed by atoms with Crippen LogP contribution in [0.4, 0.5) is 0 Å². The van der Waals surface area contributed by atoms with Gasteiger partial charge in [-0.15, -0.1) is 0 Å². The van der Waals surface area contributed by atoms with Crippen molar-refractivity contribution < 1.29 is 4.74 Å². The number of hydrogen-bond donors (Lipinski definition) is 0. The third-order valence-corrected chi connectivity index (χ3v) is 2.95. The van der Waals surface area contributed by atoms with E-state index >= 15 is 0 Å². The molecule has 0 saturated carbocycles. The van der Waals surface area contributed by atoms with Gasteiger partial charge in [-0.3, -0.25) is 0 Å². The molecule has 0 amide bonds. The highest BCUT2D eigenvalue weighted by atomic mass is 79.9. The maximum atomic E-state index is 5.68. The standard InChI is InChI=1S/C10H15BrClN3O/c1-3-15(4-2)5-6-16-9-8(11)7-13-10(12)14-9/h7H,3-6H2,1-2H3. The molecule has 0 unspecified atom stereocenters. The van der Waals surface area contributed by atoms with E-state index < -0.39 is 0 Å². The Balaban J connectivity index is 2.45. The molecule has 0 N–H and O–H groups in total. The Morgan fingerprint density at radius 2 is 2.12 bits per heavy atom. The summed E-state index contributed by atoms with van der Waals surface area (Å²) in [5.41, 5.74) is 0. The first-order valence-corrected chi connectivity index (χ1v) is 6.37. The number of halogens is 2. The summed E-state index contributed by atoms with van der Waals surface area (Å²) in [7, 11) is 0. The number of aromatic nitrogens is 2. The second-order valence-corrected chi connectivity index (χ2v) is 4.36. The molecule has 1 rings (SSSR count). The molecule has 0 aliphatic carbocycles. The van der Waals surface area contributed by atoms with E-state index in [-0.39, 0.29) is 5.28 Å². The third-order valence-electron chi connectivity index (χ3n) is 2.22. The molecule has 1 aromatic rings. The van der Waals surface area contributed by atoms with Crippen molar-refractivity contribution in [2.75, 3.05) is 26.2 Å². The molecule has 0 spiro atoms. The highest BCUT2D eigenvalue weighted by Gasteiger charge is 2.06. The summed E-state index contributed by atoms with van der Waals surface area (Å²) in [6.07, 6.45) is 1.59. The molecule has 0 radical (unpaired) electrons. The third kappa shape index (κ3) is 4.23. The predicted octanol–water partition coefficient (Wildman–Crippen LogP) is 2.61. The first-order chi connectivity index (χ1) is 7.67. The molecule has 0 bridgehead atoms. The van der Waals surface area contributed by atoms with Gasteiger partial charge >= 0.3 is 0 Å². The van der Waals surface area contributed by atoms with Gasteiger partial charge in [0.2, 0.25) is 11.2 Å². The minimum Gasteiger partial charge on any atom is -0.475 e. The maximum Gasteiger partial charge on any atom is 0.232 e. The zero-order chi connectivity index (χ0) is 12.0. The average molecular weight is 309 g/mol. The Labute approximate surface area is 109 Å². The molecule has 0 atom stereocenters. The van der Waals surface area contributed by atoms with E-state index in [1.165, 1.54) is 0 Å². The molecule has 0 aromatic carbocycles. The van der Waals surface area contributed by atoms with Crippen molar-refractivity contribution in [3.05, 3.63) is 16.0 Å². The first-order valence-electron chi connectivity index (χ1n) is 5.20. The average Bonchev–Trinajstić information content (AvgIpc) is 2.29. The summed E-state index contributed by atoms with van der Waals surface area (Å²) in [5, 5.41) is 0.195. The van der Waals surface area contributed by atoms with Crippen LogP contribution in [0, 0.1) is 0 Å². The van der Waals surface area contributed by atoms with Crippen LogP contribution < -0.4 is 4.74 Å². The number of rotatable bonds is 6. The SMILES string of the molecule is CCN(CC)CCOc1nc(Cl)ncc1Br. The monoisotopic (exact) mass is 307 g/mol. The summed E-state index contributed by atoms with van der Waals surface area (Å²) >= 11 is 8.99. The summed E-state index contributed by atoms with van der Waals surface area (Å²) in [4.78, 5) is 10.1. The molecule has 16 heavy (non-hydrogen) atoms. The lowest BCUT2D eigenvalue weighted by atomic mass is 10.5. The lowest BCUT2D eigenvalue weighted by Gasteiger charge is -2.17. The van der Waals surface area contributed by atoms with Crippen molar-refractivity contribution in [3.8, 4) is 5.88 Å². The van der Waals surface area contributed by atoms with Crippen molar-refractivity contribution in [1.29, 1.82) is 0 Å². The van der Waals surface area contributed by atoms with Crippen LogP contribution in [0.25, 0.3) is 0 Å². The quantitative estimate of drug-likeness (QED) is 0.757. The van der Waals surface area contributed by atoms with Gasteiger partial charge in [0.1, 0.15) is 6.61 Å². The fourth-order valence-electron chi connectivity index (χ4n) is 1.24. The van der Waals surface area contributed by atoms with Crippen molar-refractivity contribution in [1.82, 2.24) is 14.9 Å². The van der Waals surface area contributed by atoms with Crippen LogP contribution in [0.2, 0.25) is 5.28 Å². The van der Waals surface area contributed by atoms with Crippen LogP contribution >= 0.6 is 27.5 Å². The Morgan fingerprint density at radius 1 is 1.44 bits per heavy atom. The maximum absolute atomic E-state index is 5.68. The molecule has 0 aliphatic heterocycles. The van der Waals surface area contributed by atoms with Crippen LogP contribution in [0.15, 0.2) is 10.7 Å². The van der Waals surface area contributed by atoms with Gasteiger partial charge in [-0.1, -0.05) is 13.8 Å². The largest absolute Gasteiger partial charge is 0.475 e. The van der Waals surface area contributed by atoms with E-state index in [2.05, 4.69) is 44.6 Å². The van der Waals surface area contributed by atoms with Crippen LogP contribution in [-0.4, -0.2) is 41.1 Å². The molecule has 0 aliphatic rings. The molecule has 90 valence electrons. The summed E-state index contributed by atoms with van der Waals surface area (Å²) in [5.74, 6) is 0.493. The molecule has 0 fully saturated rings. The Kier molecular flexibility index (Phi) is 6.01. The van der Waals surface area contributed by atoms with E-state index in [4.69, 9.17) is 16.3 Å². The van der Waals surface area contributed by atoms with E-state index in [1.807, 2.05) is 0 Å². The van der Waals surface area contributed by atoms with Crippen molar-refractivity contribution in [2.45, 2.75) is 13.8 Å². The van der Waals surface area contributed by atoms with Gasteiger partial charge < -0.3 is 9.64 Å². The smallest absolute Gasteiger partial charge is 0.232 e. The summed E-state index contributed by atoms with van der Waals surface area (Å²) in [6.45, 7) is 7.76. The van der Waals surface area contributed by atoms with Gasteiger partial charge in [-0.2, -0.15) is 4.98 Å². The highest BCUT2D eigenvalue weighted by Crippen LogP contribution is 2.22. The van der Waals surface area contributed by atoms with Gasteiger partial charge in [0.25, 0.3) is 0 Å². The minimum absolute atomic E-state index is 0.195. The summed E-state index contributed by atoms with van der Waals surface area (Å²) < 4.78 is 6.25. The minimum atomic E-state index is 0.195. The molecule has 1 heterocycles. The van der Waals surface area contributed by atoms with Crippen LogP contribution in [0.3, 0.4) is 0 Å². The molecular weight excluding hydrogens is 293 g/mol. The van der Waals surface area contributed by atoms with Crippen LogP contribution in [0.5, 0.6) is 5.88 Å². The summed E-state index contributed by atoms with van der Waals surface area (Å²) in [6, 6.07) is 0. The van der Waals surface area contributed by atoms with Gasteiger partial charge in [-0.05, 0) is 40.6 Å². The van der Waals surface area contributed by atoms with Gasteiger partial charge in [-0.25, -0.2) is 4.98 Å². The van der Waals surface area contributed by atoms with Gasteiger partial charge in [0.05, 0.1) is 4.47 Å². The lowest BCUT2D eigenvalue weighted by molar-refractivity contribution is 0.217. The predicted molar refractivity (Wildman–Crippen MR) is 68.0 cm³/mol. The fourth-order valence-corrected chi connectivity index (χ4v) is 1.67. The fraction of sp³-hybridized carbons (Fsp3) is 0.600. The van der Waals surface area contributed by atoms with Crippen molar-refractivity contribution in [3.63, 3.8) is 0 Å². The van der Waals surface area contributed by atoms with E-state index in [9.17, 15) is 0 Å². The van der Waals surface area contributed by atoms with Crippen LogP contribution in [0.1, 0.15) is 13.8 Å². The molecule has 0 saturated heterocycles. The Hall–Kier alpha value is -0.390. The Bertz CT molecular complexity index is 334. The second-order valence-electron chi connectivity index (χ2n) is 3.17. The topological polar surface area (TPSA) is 38.2 Å². The normalized spacial score (nSPS) is 10.8. The second kappa shape index (κ2) is 7.04. The zero-order valence-electron chi connectivity index (χ0n) is 9.41. The molecular formula is C10H15BrClN3O. The number of ether oxygens (including phenoxy) is 1. The first kappa shape index (κ1) is 13.7. The number of likely N-dealkylation sites (N-methyl/N-ethyl adjacent to an activating group) is 1. The molecule has 1 aromatic heterocycles. The van der Waals surface area contributed by atoms with E-state index in [1.54, 1.807) is 6.20 Å². The van der Waals surface area contributed by atoms with Crippen molar-refractivity contribution in [2.24, 2.45) is 0 Å². The number of hydrogen-bond acceptors (Lipinski definition) is 4. The van der Waals surface area contributed by atoms with Crippen LogP contribution in [-0.2, 0) is 0 Å². The molecule has 6 heteroatoms. The molecule has 4 nitrogen and oxygen atoms in total. The van der Waals surface area contributed by atoms with Gasteiger partial charge in [0, 0.05) is 12.7 Å². The van der Waals surface area contributed by atoms with E-state index in [0.717, 1.165) is 24.1 Å².